The van der Waals surface area contributed by atoms with Crippen LogP contribution < -0.4 is 0 Å². The second-order valence-corrected chi connectivity index (χ2v) is 21.2. The van der Waals surface area contributed by atoms with Gasteiger partial charge in [0.05, 0.1) is 13.2 Å². The molecule has 0 spiro atoms. The Balaban J connectivity index is 2.31. The zero-order valence-electron chi connectivity index (χ0n) is 44.3. The molecule has 0 aromatic rings. The molecule has 13 heteroatoms. The Morgan fingerprint density at radius 3 is 1.23 bits per heavy atom. The number of carbonyl (C=O) groups is 1. The summed E-state index contributed by atoms with van der Waals surface area (Å²) in [6.45, 7) is 4.27. The summed E-state index contributed by atoms with van der Waals surface area (Å²) in [5, 5.41) is 50.4. The molecule has 1 fully saturated rings. The third-order valence-electron chi connectivity index (χ3n) is 13.2. The molecule has 0 radical (unpaired) electrons. The van der Waals surface area contributed by atoms with Gasteiger partial charge in [-0.25, -0.2) is 4.57 Å². The largest absolute Gasteiger partial charge is 0.472 e. The van der Waals surface area contributed by atoms with Crippen molar-refractivity contribution in [2.24, 2.45) is 0 Å². The van der Waals surface area contributed by atoms with E-state index in [-0.39, 0.29) is 13.0 Å². The highest BCUT2D eigenvalue weighted by atomic mass is 31.2. The lowest BCUT2D eigenvalue weighted by atomic mass is 9.85. The lowest BCUT2D eigenvalue weighted by molar-refractivity contribution is -0.220. The summed E-state index contributed by atoms with van der Waals surface area (Å²) < 4.78 is 34.4. The van der Waals surface area contributed by atoms with Crippen molar-refractivity contribution in [2.75, 3.05) is 19.8 Å². The van der Waals surface area contributed by atoms with Crippen LogP contribution in [0.5, 0.6) is 0 Å². The van der Waals surface area contributed by atoms with Crippen LogP contribution in [-0.4, -0.2) is 98.9 Å². The second kappa shape index (κ2) is 47.0. The van der Waals surface area contributed by atoms with Crippen LogP contribution in [0.3, 0.4) is 0 Å². The topological polar surface area (TPSA) is 192 Å². The number of phosphoric ester groups is 1. The molecule has 1 aliphatic rings. The van der Waals surface area contributed by atoms with Gasteiger partial charge in [-0.3, -0.25) is 13.8 Å². The standard InChI is InChI=1S/C57H105O12P/c1-3-5-7-9-11-13-15-17-19-21-23-25-27-29-31-33-35-37-39-41-43-45-47-66-48-50(49-67-70(64,65)69-57-55(62)53(60)52(59)54(61)56(57)63)68-51(58)46-44-42-40-38-36-34-32-30-28-26-24-22-20-18-16-14-12-10-8-6-4-2/h16,18,21-24,28,30,50,52-57,59-63H,3-15,17,19-20,25-27,29,31-49H2,1-2H3,(H,64,65)/b18-16-,23-21-,24-22-,30-28-. The van der Waals surface area contributed by atoms with E-state index < -0.39 is 63.1 Å². The Morgan fingerprint density at radius 2 is 0.800 bits per heavy atom. The van der Waals surface area contributed by atoms with Crippen LogP contribution in [0.4, 0.5) is 0 Å². The van der Waals surface area contributed by atoms with E-state index in [1.807, 2.05) is 0 Å². The van der Waals surface area contributed by atoms with E-state index in [0.29, 0.717) is 13.0 Å². The molecule has 0 heterocycles. The summed E-state index contributed by atoms with van der Waals surface area (Å²) in [6.07, 6.45) is 47.5. The molecule has 0 aliphatic heterocycles. The van der Waals surface area contributed by atoms with Crippen molar-refractivity contribution in [3.05, 3.63) is 48.6 Å². The summed E-state index contributed by atoms with van der Waals surface area (Å²) in [4.78, 5) is 23.3. The van der Waals surface area contributed by atoms with Gasteiger partial charge in [0.2, 0.25) is 0 Å². The minimum atomic E-state index is -5.03. The van der Waals surface area contributed by atoms with Gasteiger partial charge in [-0.2, -0.15) is 0 Å². The maximum Gasteiger partial charge on any atom is 0.472 e. The van der Waals surface area contributed by atoms with Gasteiger partial charge in [0.15, 0.2) is 0 Å². The predicted octanol–water partition coefficient (Wildman–Crippen LogP) is 13.5. The smallest absolute Gasteiger partial charge is 0.457 e. The summed E-state index contributed by atoms with van der Waals surface area (Å²) >= 11 is 0. The van der Waals surface area contributed by atoms with E-state index in [4.69, 9.17) is 18.5 Å². The van der Waals surface area contributed by atoms with Crippen LogP contribution in [0, 0.1) is 0 Å². The highest BCUT2D eigenvalue weighted by Gasteiger charge is 2.51. The highest BCUT2D eigenvalue weighted by molar-refractivity contribution is 7.47. The molecular weight excluding hydrogens is 908 g/mol. The molecular formula is C57H105O12P. The Kier molecular flexibility index (Phi) is 44.6. The van der Waals surface area contributed by atoms with Crippen LogP contribution in [-0.2, 0) is 27.9 Å². The zero-order valence-corrected chi connectivity index (χ0v) is 45.2. The number of phosphoric acid groups is 1. The van der Waals surface area contributed by atoms with Crippen molar-refractivity contribution >= 4 is 13.8 Å². The number of hydrogen-bond acceptors (Lipinski definition) is 11. The molecule has 70 heavy (non-hydrogen) atoms. The molecule has 6 N–H and O–H groups in total. The fraction of sp³-hybridized carbons (Fsp3) is 0.842. The average molecular weight is 1010 g/mol. The third-order valence-corrected chi connectivity index (χ3v) is 14.2. The monoisotopic (exact) mass is 1010 g/mol. The van der Waals surface area contributed by atoms with Crippen molar-refractivity contribution < 1.29 is 58.3 Å². The quantitative estimate of drug-likeness (QED) is 0.0146. The minimum absolute atomic E-state index is 0.0829. The van der Waals surface area contributed by atoms with Crippen molar-refractivity contribution in [2.45, 2.75) is 288 Å². The molecule has 6 atom stereocenters. The third kappa shape index (κ3) is 38.0. The molecule has 0 saturated heterocycles. The van der Waals surface area contributed by atoms with E-state index >= 15 is 0 Å². The first-order valence-electron chi connectivity index (χ1n) is 28.5. The van der Waals surface area contributed by atoms with E-state index in [1.165, 1.54) is 148 Å². The molecule has 410 valence electrons. The highest BCUT2D eigenvalue weighted by Crippen LogP contribution is 2.47. The van der Waals surface area contributed by atoms with Gasteiger partial charge >= 0.3 is 13.8 Å². The molecule has 1 rings (SSSR count). The number of esters is 1. The molecule has 0 amide bonds. The predicted molar refractivity (Wildman–Crippen MR) is 286 cm³/mol. The Hall–Kier alpha value is -1.70. The Morgan fingerprint density at radius 1 is 0.457 bits per heavy atom. The van der Waals surface area contributed by atoms with E-state index in [9.17, 15) is 39.8 Å². The Labute approximate surface area is 426 Å². The van der Waals surface area contributed by atoms with Crippen LogP contribution >= 0.6 is 7.82 Å². The molecule has 0 aromatic carbocycles. The summed E-state index contributed by atoms with van der Waals surface area (Å²) in [5.74, 6) is -0.488. The first kappa shape index (κ1) is 66.3. The first-order valence-corrected chi connectivity index (χ1v) is 30.0. The molecule has 0 aromatic heterocycles. The molecule has 6 unspecified atom stereocenters. The normalized spacial score (nSPS) is 21.2. The minimum Gasteiger partial charge on any atom is -0.457 e. The van der Waals surface area contributed by atoms with E-state index in [1.54, 1.807) is 0 Å². The lowest BCUT2D eigenvalue weighted by Crippen LogP contribution is -2.64. The van der Waals surface area contributed by atoms with Crippen molar-refractivity contribution in [1.29, 1.82) is 0 Å². The fourth-order valence-electron chi connectivity index (χ4n) is 8.65. The van der Waals surface area contributed by atoms with Gasteiger partial charge in [0, 0.05) is 13.0 Å². The van der Waals surface area contributed by atoms with Crippen LogP contribution in [0.2, 0.25) is 0 Å². The summed E-state index contributed by atoms with van der Waals surface area (Å²) in [5.41, 5.74) is 0. The SMILES string of the molecule is CCCCCCC/C=C\C/C=C\C/C=C\CCCCCCCCC(=O)OC(COCCCCCCCCCCCC/C=C\CCCCCCCCCC)COP(=O)(O)OC1C(O)C(O)C(O)C(O)C1O. The molecule has 0 bridgehead atoms. The number of carbonyl (C=O) groups excluding carboxylic acids is 1. The van der Waals surface area contributed by atoms with Gasteiger partial charge < -0.3 is 39.9 Å². The average Bonchev–Trinajstić information content (AvgIpc) is 3.35. The Bertz CT molecular complexity index is 1340. The maximum atomic E-state index is 12.9. The van der Waals surface area contributed by atoms with Gasteiger partial charge in [-0.15, -0.1) is 0 Å². The lowest BCUT2D eigenvalue weighted by Gasteiger charge is -2.41. The van der Waals surface area contributed by atoms with Gasteiger partial charge in [-0.1, -0.05) is 210 Å². The number of aliphatic hydroxyl groups is 5. The number of rotatable bonds is 49. The van der Waals surface area contributed by atoms with Gasteiger partial charge in [0.25, 0.3) is 0 Å². The number of hydrogen-bond donors (Lipinski definition) is 6. The van der Waals surface area contributed by atoms with E-state index in [2.05, 4.69) is 62.5 Å². The number of aliphatic hydroxyl groups excluding tert-OH is 5. The van der Waals surface area contributed by atoms with Crippen molar-refractivity contribution in [3.8, 4) is 0 Å². The number of allylic oxidation sites excluding steroid dienone is 8. The van der Waals surface area contributed by atoms with Crippen LogP contribution in [0.1, 0.15) is 245 Å². The maximum absolute atomic E-state index is 12.9. The van der Waals surface area contributed by atoms with Crippen LogP contribution in [0.25, 0.3) is 0 Å². The van der Waals surface area contributed by atoms with Crippen LogP contribution in [0.15, 0.2) is 48.6 Å². The first-order chi connectivity index (χ1) is 34.0. The summed E-state index contributed by atoms with van der Waals surface area (Å²) in [7, 11) is -5.03. The second-order valence-electron chi connectivity index (χ2n) is 19.8. The number of unbranched alkanes of at least 4 members (excludes halogenated alkanes) is 29. The van der Waals surface area contributed by atoms with Gasteiger partial charge in [-0.05, 0) is 77.0 Å². The van der Waals surface area contributed by atoms with Crippen molar-refractivity contribution in [3.63, 3.8) is 0 Å². The van der Waals surface area contributed by atoms with Gasteiger partial charge in [0.1, 0.15) is 42.7 Å². The van der Waals surface area contributed by atoms with Crippen molar-refractivity contribution in [1.82, 2.24) is 0 Å². The zero-order chi connectivity index (χ0) is 51.2. The molecule has 1 aliphatic carbocycles. The molecule has 12 nitrogen and oxygen atoms in total. The number of ether oxygens (including phenoxy) is 2. The molecule has 1 saturated carbocycles. The summed E-state index contributed by atoms with van der Waals surface area (Å²) in [6, 6.07) is 0. The fourth-order valence-corrected chi connectivity index (χ4v) is 9.63. The van der Waals surface area contributed by atoms with E-state index in [0.717, 1.165) is 70.6 Å².